The number of anilines is 1. The number of hydrogen-bond acceptors (Lipinski definition) is 4. The summed E-state index contributed by atoms with van der Waals surface area (Å²) in [7, 11) is -3.79. The zero-order valence-electron chi connectivity index (χ0n) is 17.8. The van der Waals surface area contributed by atoms with E-state index in [0.717, 1.165) is 10.6 Å². The second-order valence-electron chi connectivity index (χ2n) is 7.08. The van der Waals surface area contributed by atoms with Gasteiger partial charge in [-0.2, -0.15) is 0 Å². The van der Waals surface area contributed by atoms with E-state index in [1.165, 1.54) is 4.90 Å². The largest absolute Gasteiger partial charge is 0.355 e. The fraction of sp³-hybridized carbons (Fsp3) is 0.333. The van der Waals surface area contributed by atoms with Gasteiger partial charge in [0.1, 0.15) is 12.6 Å². The van der Waals surface area contributed by atoms with Crippen LogP contribution in [0.3, 0.4) is 0 Å². The first-order valence-corrected chi connectivity index (χ1v) is 13.1. The minimum absolute atomic E-state index is 0.00320. The van der Waals surface area contributed by atoms with Gasteiger partial charge in [0.05, 0.1) is 11.9 Å². The summed E-state index contributed by atoms with van der Waals surface area (Å²) >= 11 is 15.6. The molecular weight excluding hydrogens is 541 g/mol. The van der Waals surface area contributed by atoms with Gasteiger partial charge in [-0.3, -0.25) is 13.9 Å². The van der Waals surface area contributed by atoms with E-state index in [0.29, 0.717) is 32.3 Å². The van der Waals surface area contributed by atoms with Gasteiger partial charge in [-0.1, -0.05) is 51.3 Å². The summed E-state index contributed by atoms with van der Waals surface area (Å²) in [4.78, 5) is 27.2. The van der Waals surface area contributed by atoms with Gasteiger partial charge in [-0.05, 0) is 49.7 Å². The van der Waals surface area contributed by atoms with Gasteiger partial charge in [-0.15, -0.1) is 0 Å². The van der Waals surface area contributed by atoms with E-state index >= 15 is 0 Å². The minimum Gasteiger partial charge on any atom is -0.355 e. The lowest BCUT2D eigenvalue weighted by Gasteiger charge is -2.31. The normalized spacial score (nSPS) is 12.2. The van der Waals surface area contributed by atoms with E-state index in [-0.39, 0.29) is 12.5 Å². The lowest BCUT2D eigenvalue weighted by atomic mass is 10.1. The van der Waals surface area contributed by atoms with Crippen molar-refractivity contribution in [2.75, 3.05) is 23.7 Å². The molecule has 0 bridgehead atoms. The van der Waals surface area contributed by atoms with Crippen molar-refractivity contribution in [1.82, 2.24) is 10.2 Å². The van der Waals surface area contributed by atoms with Crippen LogP contribution in [0.2, 0.25) is 10.0 Å². The lowest BCUT2D eigenvalue weighted by molar-refractivity contribution is -0.139. The summed E-state index contributed by atoms with van der Waals surface area (Å²) in [5.74, 6) is -0.917. The maximum Gasteiger partial charge on any atom is 0.244 e. The van der Waals surface area contributed by atoms with E-state index in [1.54, 1.807) is 56.3 Å². The molecule has 0 radical (unpaired) electrons. The second-order valence-corrected chi connectivity index (χ2v) is 10.7. The van der Waals surface area contributed by atoms with Gasteiger partial charge >= 0.3 is 0 Å². The summed E-state index contributed by atoms with van der Waals surface area (Å²) in [5, 5.41) is 3.46. The Bertz CT molecular complexity index is 1100. The van der Waals surface area contributed by atoms with Crippen LogP contribution in [0.25, 0.3) is 0 Å². The Kier molecular flexibility index (Phi) is 9.39. The molecule has 174 valence electrons. The predicted octanol–water partition coefficient (Wildman–Crippen LogP) is 4.08. The van der Waals surface area contributed by atoms with Gasteiger partial charge in [0, 0.05) is 27.6 Å². The third kappa shape index (κ3) is 7.10. The van der Waals surface area contributed by atoms with Crippen molar-refractivity contribution in [2.24, 2.45) is 0 Å². The second kappa shape index (κ2) is 11.4. The molecule has 0 spiro atoms. The van der Waals surface area contributed by atoms with Crippen LogP contribution in [0.1, 0.15) is 19.4 Å². The fourth-order valence-corrected chi connectivity index (χ4v) is 4.68. The molecule has 0 aliphatic rings. The molecule has 0 unspecified atom stereocenters. The number of carbonyl (C=O) groups excluding carboxylic acids is 2. The van der Waals surface area contributed by atoms with Crippen LogP contribution < -0.4 is 9.62 Å². The highest BCUT2D eigenvalue weighted by Gasteiger charge is 2.30. The molecule has 0 fully saturated rings. The molecule has 0 aliphatic heterocycles. The minimum atomic E-state index is -3.79. The Morgan fingerprint density at radius 1 is 1.16 bits per heavy atom. The molecule has 2 aromatic carbocycles. The quantitative estimate of drug-likeness (QED) is 0.497. The molecule has 0 saturated carbocycles. The average molecular weight is 565 g/mol. The monoisotopic (exact) mass is 563 g/mol. The number of nitrogens with zero attached hydrogens (tertiary/aromatic N) is 2. The number of nitrogens with one attached hydrogen (secondary N) is 1. The van der Waals surface area contributed by atoms with E-state index in [2.05, 4.69) is 21.2 Å². The zero-order chi connectivity index (χ0) is 24.1. The number of hydrogen-bond donors (Lipinski definition) is 1. The molecule has 32 heavy (non-hydrogen) atoms. The number of sulfonamides is 1. The summed E-state index contributed by atoms with van der Waals surface area (Å²) < 4.78 is 26.6. The zero-order valence-corrected chi connectivity index (χ0v) is 21.7. The van der Waals surface area contributed by atoms with Crippen LogP contribution in [0, 0.1) is 0 Å². The standard InChI is InChI=1S/C21H24BrCl2N3O4S/c1-4-25-21(29)14(2)26(12-15-8-9-17(23)11-19(15)24)20(28)13-27(32(3,30)31)18-7-5-6-16(22)10-18/h5-11,14H,4,12-13H2,1-3H3,(H,25,29)/t14-/m1/s1. The number of halogens is 3. The van der Waals surface area contributed by atoms with Gasteiger partial charge in [0.2, 0.25) is 21.8 Å². The highest BCUT2D eigenvalue weighted by molar-refractivity contribution is 9.10. The number of likely N-dealkylation sites (N-methyl/N-ethyl adjacent to an activating group) is 1. The van der Waals surface area contributed by atoms with Gasteiger partial charge in [-0.25, -0.2) is 8.42 Å². The maximum atomic E-state index is 13.4. The van der Waals surface area contributed by atoms with Gasteiger partial charge in [0.25, 0.3) is 0 Å². The van der Waals surface area contributed by atoms with E-state index in [4.69, 9.17) is 23.2 Å². The first-order valence-electron chi connectivity index (χ1n) is 9.68. The Hall–Kier alpha value is -1.81. The molecular formula is C21H24BrCl2N3O4S. The number of benzene rings is 2. The number of amides is 2. The average Bonchev–Trinajstić information content (AvgIpc) is 2.70. The third-order valence-electron chi connectivity index (χ3n) is 4.65. The molecule has 11 heteroatoms. The molecule has 0 aliphatic carbocycles. The SMILES string of the molecule is CCNC(=O)[C@@H](C)N(Cc1ccc(Cl)cc1Cl)C(=O)CN(c1cccc(Br)c1)S(C)(=O)=O. The summed E-state index contributed by atoms with van der Waals surface area (Å²) in [6.45, 7) is 3.26. The molecule has 0 heterocycles. The molecule has 0 saturated heterocycles. The van der Waals surface area contributed by atoms with Crippen molar-refractivity contribution in [3.63, 3.8) is 0 Å². The van der Waals surface area contributed by atoms with E-state index < -0.39 is 28.5 Å². The van der Waals surface area contributed by atoms with Crippen LogP contribution in [-0.2, 0) is 26.2 Å². The highest BCUT2D eigenvalue weighted by Crippen LogP contribution is 2.25. The van der Waals surface area contributed by atoms with Gasteiger partial charge < -0.3 is 10.2 Å². The van der Waals surface area contributed by atoms with Crippen LogP contribution in [0.5, 0.6) is 0 Å². The van der Waals surface area contributed by atoms with Crippen molar-refractivity contribution in [2.45, 2.75) is 26.4 Å². The number of rotatable bonds is 9. The van der Waals surface area contributed by atoms with Crippen molar-refractivity contribution in [3.05, 3.63) is 62.5 Å². The van der Waals surface area contributed by atoms with Crippen LogP contribution in [0.4, 0.5) is 5.69 Å². The van der Waals surface area contributed by atoms with Crippen molar-refractivity contribution < 1.29 is 18.0 Å². The molecule has 7 nitrogen and oxygen atoms in total. The molecule has 2 amide bonds. The molecule has 2 rings (SSSR count). The van der Waals surface area contributed by atoms with Crippen molar-refractivity contribution >= 4 is 66.7 Å². The molecule has 0 aromatic heterocycles. The van der Waals surface area contributed by atoms with Crippen LogP contribution in [0.15, 0.2) is 46.9 Å². The predicted molar refractivity (Wildman–Crippen MR) is 131 cm³/mol. The van der Waals surface area contributed by atoms with Crippen LogP contribution in [-0.4, -0.2) is 50.5 Å². The summed E-state index contributed by atoms with van der Waals surface area (Å²) in [6.07, 6.45) is 1.02. The number of carbonyl (C=O) groups is 2. The Labute approximate surface area is 206 Å². The maximum absolute atomic E-state index is 13.4. The smallest absolute Gasteiger partial charge is 0.244 e. The van der Waals surface area contributed by atoms with E-state index in [1.807, 2.05) is 0 Å². The van der Waals surface area contributed by atoms with Crippen molar-refractivity contribution in [1.29, 1.82) is 0 Å². The summed E-state index contributed by atoms with van der Waals surface area (Å²) in [6, 6.07) is 10.6. The molecule has 1 N–H and O–H groups in total. The molecule has 1 atom stereocenters. The Morgan fingerprint density at radius 2 is 1.84 bits per heavy atom. The van der Waals surface area contributed by atoms with Crippen molar-refractivity contribution in [3.8, 4) is 0 Å². The first kappa shape index (κ1) is 26.4. The molecule has 2 aromatic rings. The lowest BCUT2D eigenvalue weighted by Crippen LogP contribution is -2.51. The fourth-order valence-electron chi connectivity index (χ4n) is 2.98. The third-order valence-corrected chi connectivity index (χ3v) is 6.87. The topological polar surface area (TPSA) is 86.8 Å². The first-order chi connectivity index (χ1) is 14.9. The Morgan fingerprint density at radius 3 is 2.41 bits per heavy atom. The highest BCUT2D eigenvalue weighted by atomic mass is 79.9. The van der Waals surface area contributed by atoms with Crippen LogP contribution >= 0.6 is 39.1 Å². The van der Waals surface area contributed by atoms with Gasteiger partial charge in [0.15, 0.2) is 0 Å². The Balaban J connectivity index is 2.41. The summed E-state index contributed by atoms with van der Waals surface area (Å²) in [5.41, 5.74) is 0.902. The van der Waals surface area contributed by atoms with E-state index in [9.17, 15) is 18.0 Å².